The van der Waals surface area contributed by atoms with Crippen molar-refractivity contribution in [1.82, 2.24) is 10.2 Å². The topological polar surface area (TPSA) is 39.1 Å². The highest BCUT2D eigenvalue weighted by atomic mass is 19.1. The molecule has 0 spiro atoms. The van der Waals surface area contributed by atoms with E-state index in [0.29, 0.717) is 12.1 Å². The molecule has 0 unspecified atom stereocenters. The fourth-order valence-corrected chi connectivity index (χ4v) is 1.57. The molecular formula is C13H18FN3. The van der Waals surface area contributed by atoms with Crippen LogP contribution in [0.4, 0.5) is 4.39 Å². The van der Waals surface area contributed by atoms with E-state index >= 15 is 0 Å². The van der Waals surface area contributed by atoms with E-state index in [0.717, 1.165) is 25.1 Å². The largest absolute Gasteiger partial charge is 0.313 e. The predicted octanol–water partition coefficient (Wildman–Crippen LogP) is 1.74. The molecular weight excluding hydrogens is 217 g/mol. The molecule has 0 radical (unpaired) electrons. The van der Waals surface area contributed by atoms with Gasteiger partial charge in [-0.3, -0.25) is 0 Å². The van der Waals surface area contributed by atoms with Crippen LogP contribution in [0.2, 0.25) is 0 Å². The fraction of sp³-hybridized carbons (Fsp3) is 0.462. The lowest BCUT2D eigenvalue weighted by molar-refractivity contribution is 0.394. The van der Waals surface area contributed by atoms with Gasteiger partial charge in [0.15, 0.2) is 0 Å². The quantitative estimate of drug-likeness (QED) is 0.763. The summed E-state index contributed by atoms with van der Waals surface area (Å²) in [5.41, 5.74) is 1.18. The van der Waals surface area contributed by atoms with Gasteiger partial charge >= 0.3 is 0 Å². The van der Waals surface area contributed by atoms with Gasteiger partial charge in [-0.1, -0.05) is 0 Å². The second-order valence-electron chi connectivity index (χ2n) is 4.29. The Morgan fingerprint density at radius 1 is 1.35 bits per heavy atom. The highest BCUT2D eigenvalue weighted by molar-refractivity contribution is 5.33. The van der Waals surface area contributed by atoms with Gasteiger partial charge in [0.2, 0.25) is 0 Å². The minimum absolute atomic E-state index is 0.353. The maximum atomic E-state index is 13.1. The van der Waals surface area contributed by atoms with Gasteiger partial charge in [-0.15, -0.1) is 0 Å². The minimum atomic E-state index is -0.353. The van der Waals surface area contributed by atoms with Gasteiger partial charge in [0.25, 0.3) is 0 Å². The number of nitrogens with zero attached hydrogens (tertiary/aromatic N) is 2. The van der Waals surface area contributed by atoms with Crippen molar-refractivity contribution in [3.05, 3.63) is 35.1 Å². The Morgan fingerprint density at radius 3 is 2.76 bits per heavy atom. The minimum Gasteiger partial charge on any atom is -0.313 e. The van der Waals surface area contributed by atoms with Crippen molar-refractivity contribution in [2.24, 2.45) is 0 Å². The van der Waals surface area contributed by atoms with Gasteiger partial charge in [-0.25, -0.2) is 4.39 Å². The Morgan fingerprint density at radius 2 is 2.12 bits per heavy atom. The average Bonchev–Trinajstić information content (AvgIpc) is 2.27. The van der Waals surface area contributed by atoms with E-state index in [1.165, 1.54) is 12.1 Å². The van der Waals surface area contributed by atoms with E-state index in [1.807, 2.05) is 20.2 Å². The lowest BCUT2D eigenvalue weighted by Crippen LogP contribution is -2.21. The zero-order valence-electron chi connectivity index (χ0n) is 10.3. The second kappa shape index (κ2) is 7.00. The lowest BCUT2D eigenvalue weighted by Gasteiger charge is -2.10. The molecule has 1 aromatic rings. The fourth-order valence-electron chi connectivity index (χ4n) is 1.57. The van der Waals surface area contributed by atoms with E-state index < -0.39 is 0 Å². The number of hydrogen-bond donors (Lipinski definition) is 1. The Balaban J connectivity index is 2.37. The molecule has 3 nitrogen and oxygen atoms in total. The van der Waals surface area contributed by atoms with Crippen LogP contribution in [0.3, 0.4) is 0 Å². The van der Waals surface area contributed by atoms with E-state index in [1.54, 1.807) is 6.07 Å². The molecule has 0 amide bonds. The standard InChI is InChI=1S/C13H18FN3/c1-17(2)5-3-4-16-10-12-6-11(9-15)7-13(14)8-12/h6-8,16H,3-5,10H2,1-2H3. The van der Waals surface area contributed by atoms with Gasteiger partial charge in [-0.05, 0) is 57.4 Å². The van der Waals surface area contributed by atoms with Crippen LogP contribution in [0, 0.1) is 17.1 Å². The van der Waals surface area contributed by atoms with Crippen LogP contribution in [0.1, 0.15) is 17.5 Å². The molecule has 0 aliphatic rings. The number of rotatable bonds is 6. The summed E-state index contributed by atoms with van der Waals surface area (Å²) in [4.78, 5) is 2.12. The van der Waals surface area contributed by atoms with Crippen molar-refractivity contribution in [2.75, 3.05) is 27.2 Å². The molecule has 0 heterocycles. The summed E-state index contributed by atoms with van der Waals surface area (Å²) in [6.07, 6.45) is 1.05. The van der Waals surface area contributed by atoms with Crippen LogP contribution < -0.4 is 5.32 Å². The highest BCUT2D eigenvalue weighted by Crippen LogP contribution is 2.08. The van der Waals surface area contributed by atoms with Gasteiger partial charge in [0, 0.05) is 6.54 Å². The normalized spacial score (nSPS) is 10.5. The first-order valence-corrected chi connectivity index (χ1v) is 5.67. The summed E-state index contributed by atoms with van der Waals surface area (Å²) in [5.74, 6) is -0.353. The summed E-state index contributed by atoms with van der Waals surface area (Å²) in [6, 6.07) is 6.36. The number of nitrogens with one attached hydrogen (secondary N) is 1. The number of nitriles is 1. The summed E-state index contributed by atoms with van der Waals surface area (Å²) >= 11 is 0. The molecule has 0 aromatic heterocycles. The Hall–Kier alpha value is -1.44. The molecule has 17 heavy (non-hydrogen) atoms. The van der Waals surface area contributed by atoms with Gasteiger partial charge < -0.3 is 10.2 Å². The van der Waals surface area contributed by atoms with Crippen molar-refractivity contribution in [2.45, 2.75) is 13.0 Å². The molecule has 0 fully saturated rings. The molecule has 0 bridgehead atoms. The molecule has 1 aromatic carbocycles. The van der Waals surface area contributed by atoms with E-state index in [2.05, 4.69) is 10.2 Å². The second-order valence-corrected chi connectivity index (χ2v) is 4.29. The maximum absolute atomic E-state index is 13.1. The number of hydrogen-bond acceptors (Lipinski definition) is 3. The number of benzene rings is 1. The van der Waals surface area contributed by atoms with Crippen LogP contribution in [0.5, 0.6) is 0 Å². The third-order valence-corrected chi connectivity index (χ3v) is 2.37. The molecule has 4 heteroatoms. The SMILES string of the molecule is CN(C)CCCNCc1cc(F)cc(C#N)c1. The molecule has 0 aliphatic heterocycles. The van der Waals surface area contributed by atoms with Gasteiger partial charge in [0.1, 0.15) is 5.82 Å². The van der Waals surface area contributed by atoms with E-state index in [-0.39, 0.29) is 5.82 Å². The van der Waals surface area contributed by atoms with Crippen LogP contribution in [0.25, 0.3) is 0 Å². The Labute approximate surface area is 102 Å². The predicted molar refractivity (Wildman–Crippen MR) is 66.0 cm³/mol. The van der Waals surface area contributed by atoms with Crippen LogP contribution >= 0.6 is 0 Å². The Kier molecular flexibility index (Phi) is 5.61. The molecule has 0 saturated heterocycles. The first-order valence-electron chi connectivity index (χ1n) is 5.67. The first-order chi connectivity index (χ1) is 8.11. The monoisotopic (exact) mass is 235 g/mol. The molecule has 0 aliphatic carbocycles. The zero-order chi connectivity index (χ0) is 12.7. The first kappa shape index (κ1) is 13.6. The summed E-state index contributed by atoms with van der Waals surface area (Å²) in [7, 11) is 4.07. The smallest absolute Gasteiger partial charge is 0.124 e. The maximum Gasteiger partial charge on any atom is 0.124 e. The van der Waals surface area contributed by atoms with E-state index in [4.69, 9.17) is 5.26 Å². The van der Waals surface area contributed by atoms with Crippen molar-refractivity contribution < 1.29 is 4.39 Å². The molecule has 1 rings (SSSR count). The number of halogens is 1. The highest BCUT2D eigenvalue weighted by Gasteiger charge is 2.00. The zero-order valence-corrected chi connectivity index (χ0v) is 10.3. The van der Waals surface area contributed by atoms with Crippen molar-refractivity contribution >= 4 is 0 Å². The lowest BCUT2D eigenvalue weighted by atomic mass is 10.1. The van der Waals surface area contributed by atoms with Crippen molar-refractivity contribution in [3.63, 3.8) is 0 Å². The van der Waals surface area contributed by atoms with Crippen molar-refractivity contribution in [3.8, 4) is 6.07 Å². The van der Waals surface area contributed by atoms with Crippen LogP contribution in [-0.4, -0.2) is 32.1 Å². The van der Waals surface area contributed by atoms with E-state index in [9.17, 15) is 4.39 Å². The summed E-state index contributed by atoms with van der Waals surface area (Å²) in [5, 5.41) is 11.9. The van der Waals surface area contributed by atoms with Gasteiger partial charge in [0.05, 0.1) is 11.6 Å². The molecule has 0 saturated carbocycles. The third kappa shape index (κ3) is 5.43. The third-order valence-electron chi connectivity index (χ3n) is 2.37. The Bertz CT molecular complexity index is 396. The molecule has 0 atom stereocenters. The van der Waals surface area contributed by atoms with Gasteiger partial charge in [-0.2, -0.15) is 5.26 Å². The molecule has 92 valence electrons. The van der Waals surface area contributed by atoms with Crippen LogP contribution in [-0.2, 0) is 6.54 Å². The van der Waals surface area contributed by atoms with Crippen molar-refractivity contribution in [1.29, 1.82) is 5.26 Å². The summed E-state index contributed by atoms with van der Waals surface area (Å²) < 4.78 is 13.1. The molecule has 1 N–H and O–H groups in total. The summed E-state index contributed by atoms with van der Waals surface area (Å²) in [6.45, 7) is 2.51. The van der Waals surface area contributed by atoms with Crippen LogP contribution in [0.15, 0.2) is 18.2 Å². The average molecular weight is 235 g/mol.